The molecule has 45 heavy (non-hydrogen) atoms. The number of aromatic nitrogens is 3. The maximum Gasteiger partial charge on any atom is 0.421 e. The molecule has 0 N–H and O–H groups in total. The zero-order chi connectivity index (χ0) is 32.5. The van der Waals surface area contributed by atoms with Crippen LogP contribution in [0.1, 0.15) is 50.4 Å². The summed E-state index contributed by atoms with van der Waals surface area (Å²) >= 11 is 0. The van der Waals surface area contributed by atoms with E-state index in [9.17, 15) is 27.6 Å². The summed E-state index contributed by atoms with van der Waals surface area (Å²) in [5, 5.41) is 9.47. The fourth-order valence-electron chi connectivity index (χ4n) is 6.75. The second kappa shape index (κ2) is 13.2. The van der Waals surface area contributed by atoms with E-state index in [0.717, 1.165) is 24.7 Å². The zero-order valence-corrected chi connectivity index (χ0v) is 25.7. The maximum atomic E-state index is 14.4. The fraction of sp³-hybridized carbons (Fsp3) is 0.581. The van der Waals surface area contributed by atoms with Gasteiger partial charge in [-0.05, 0) is 38.7 Å². The van der Waals surface area contributed by atoms with E-state index in [4.69, 9.17) is 9.72 Å². The number of likely N-dealkylation sites (tertiary alicyclic amines) is 1. The van der Waals surface area contributed by atoms with Gasteiger partial charge in [-0.1, -0.05) is 13.5 Å². The summed E-state index contributed by atoms with van der Waals surface area (Å²) < 4.78 is 62.3. The van der Waals surface area contributed by atoms with Crippen LogP contribution in [0, 0.1) is 23.1 Å². The van der Waals surface area contributed by atoms with Gasteiger partial charge in [0, 0.05) is 50.4 Å². The fourth-order valence-corrected chi connectivity index (χ4v) is 6.75. The Balaban J connectivity index is 1.49. The molecule has 0 radical (unpaired) electrons. The molecule has 0 aromatic carbocycles. The molecular formula is C31H38F4N8O2. The minimum Gasteiger partial charge on any atom is -0.462 e. The molecule has 0 bridgehead atoms. The van der Waals surface area contributed by atoms with Crippen molar-refractivity contribution >= 4 is 17.4 Å². The Labute approximate surface area is 260 Å². The largest absolute Gasteiger partial charge is 0.462 e. The lowest BCUT2D eigenvalue weighted by molar-refractivity contribution is -0.139. The van der Waals surface area contributed by atoms with Crippen LogP contribution in [0.15, 0.2) is 25.0 Å². The van der Waals surface area contributed by atoms with Gasteiger partial charge in [0.05, 0.1) is 48.9 Å². The molecule has 242 valence electrons. The third-order valence-electron chi connectivity index (χ3n) is 8.83. The summed E-state index contributed by atoms with van der Waals surface area (Å²) in [6, 6.07) is 2.33. The molecule has 0 saturated carbocycles. The Hall–Kier alpha value is -3.99. The van der Waals surface area contributed by atoms with Crippen molar-refractivity contribution in [3.05, 3.63) is 47.7 Å². The standard InChI is InChI=1S/C31H38F4N8O2/c1-5-27(44)42-11-10-41(16-21(42)6-8-36)29-23-7-9-40(26-14-37-13-24(32)28(26)31(33,34)35)17-25(23)38-30(39-29)45-18-22-12-20(4)15-43(22)19(2)3/h5,13-14,19-22H,1,6-7,9-12,15-18H2,2-4H3/t20-,21+,22+/m1/s1. The number of halogens is 4. The summed E-state index contributed by atoms with van der Waals surface area (Å²) in [6.45, 7) is 12.5. The Kier molecular flexibility index (Phi) is 9.48. The van der Waals surface area contributed by atoms with E-state index >= 15 is 0 Å². The van der Waals surface area contributed by atoms with E-state index in [1.165, 1.54) is 11.0 Å². The van der Waals surface area contributed by atoms with Crippen LogP contribution in [-0.4, -0.2) is 88.1 Å². The normalized spacial score (nSPS) is 22.4. The van der Waals surface area contributed by atoms with E-state index < -0.39 is 23.6 Å². The van der Waals surface area contributed by atoms with Gasteiger partial charge < -0.3 is 19.4 Å². The van der Waals surface area contributed by atoms with Crippen LogP contribution in [0.2, 0.25) is 0 Å². The number of pyridine rings is 1. The van der Waals surface area contributed by atoms with Crippen molar-refractivity contribution in [3.8, 4) is 12.1 Å². The first-order valence-electron chi connectivity index (χ1n) is 15.2. The van der Waals surface area contributed by atoms with Crippen molar-refractivity contribution in [1.29, 1.82) is 5.26 Å². The number of nitrogens with zero attached hydrogens (tertiary/aromatic N) is 8. The number of hydrogen-bond donors (Lipinski definition) is 0. The van der Waals surface area contributed by atoms with Crippen molar-refractivity contribution in [3.63, 3.8) is 0 Å². The molecule has 2 saturated heterocycles. The monoisotopic (exact) mass is 630 g/mol. The van der Waals surface area contributed by atoms with E-state index in [0.29, 0.717) is 55.9 Å². The highest BCUT2D eigenvalue weighted by Gasteiger charge is 2.40. The zero-order valence-electron chi connectivity index (χ0n) is 25.7. The predicted molar refractivity (Wildman–Crippen MR) is 159 cm³/mol. The number of piperazine rings is 1. The second-order valence-electron chi connectivity index (χ2n) is 12.2. The second-order valence-corrected chi connectivity index (χ2v) is 12.2. The number of anilines is 2. The molecule has 3 aliphatic heterocycles. The average molecular weight is 631 g/mol. The van der Waals surface area contributed by atoms with Crippen LogP contribution in [-0.2, 0) is 23.9 Å². The SMILES string of the molecule is C=CC(=O)N1CCN(c2nc(OC[C@@H]3C[C@@H](C)CN3C(C)C)nc3c2CCN(c2cncc(F)c2C(F)(F)F)C3)C[C@@H]1CC#N. The molecule has 0 unspecified atom stereocenters. The first-order chi connectivity index (χ1) is 21.4. The Morgan fingerprint density at radius 2 is 1.96 bits per heavy atom. The smallest absolute Gasteiger partial charge is 0.421 e. The number of carbonyl (C=O) groups is 1. The number of fused-ring (bicyclic) bond motifs is 1. The topological polar surface area (TPSA) is 102 Å². The number of hydrogen-bond acceptors (Lipinski definition) is 9. The predicted octanol–water partition coefficient (Wildman–Crippen LogP) is 4.21. The molecule has 1 amide bonds. The van der Waals surface area contributed by atoms with E-state index in [2.05, 4.69) is 48.3 Å². The van der Waals surface area contributed by atoms with Gasteiger partial charge in [0.2, 0.25) is 5.91 Å². The molecule has 5 rings (SSSR count). The van der Waals surface area contributed by atoms with Gasteiger partial charge in [-0.15, -0.1) is 0 Å². The summed E-state index contributed by atoms with van der Waals surface area (Å²) in [7, 11) is 0. The van der Waals surface area contributed by atoms with Gasteiger partial charge in [-0.2, -0.15) is 28.4 Å². The van der Waals surface area contributed by atoms with Gasteiger partial charge >= 0.3 is 12.2 Å². The third-order valence-corrected chi connectivity index (χ3v) is 8.83. The number of rotatable bonds is 8. The highest BCUT2D eigenvalue weighted by atomic mass is 19.4. The molecule has 2 fully saturated rings. The van der Waals surface area contributed by atoms with Crippen molar-refractivity contribution in [2.45, 2.75) is 70.9 Å². The van der Waals surface area contributed by atoms with Gasteiger partial charge in [-0.25, -0.2) is 4.39 Å². The number of alkyl halides is 3. The van der Waals surface area contributed by atoms with Gasteiger partial charge in [0.1, 0.15) is 18.0 Å². The van der Waals surface area contributed by atoms with Gasteiger partial charge in [0.25, 0.3) is 0 Å². The lowest BCUT2D eigenvalue weighted by atomic mass is 10.0. The van der Waals surface area contributed by atoms with Crippen LogP contribution < -0.4 is 14.5 Å². The van der Waals surface area contributed by atoms with Crippen LogP contribution in [0.3, 0.4) is 0 Å². The summed E-state index contributed by atoms with van der Waals surface area (Å²) in [4.78, 5) is 33.1. The Morgan fingerprint density at radius 3 is 2.64 bits per heavy atom. The first-order valence-corrected chi connectivity index (χ1v) is 15.2. The Bertz CT molecular complexity index is 1460. The molecule has 0 spiro atoms. The van der Waals surface area contributed by atoms with E-state index in [1.54, 1.807) is 4.90 Å². The number of nitriles is 1. The lowest BCUT2D eigenvalue weighted by Crippen LogP contribution is -2.55. The molecule has 0 aliphatic carbocycles. The quantitative estimate of drug-likeness (QED) is 0.314. The molecule has 2 aromatic heterocycles. The summed E-state index contributed by atoms with van der Waals surface area (Å²) in [6.07, 6.45) is -0.741. The van der Waals surface area contributed by atoms with Crippen LogP contribution in [0.4, 0.5) is 29.1 Å². The van der Waals surface area contributed by atoms with Crippen molar-refractivity contribution < 1.29 is 27.1 Å². The molecule has 3 aliphatic rings. The van der Waals surface area contributed by atoms with Crippen molar-refractivity contribution in [2.75, 3.05) is 49.1 Å². The molecule has 5 heterocycles. The average Bonchev–Trinajstić information content (AvgIpc) is 3.39. The van der Waals surface area contributed by atoms with Gasteiger partial charge in [0.15, 0.2) is 5.82 Å². The summed E-state index contributed by atoms with van der Waals surface area (Å²) in [5.41, 5.74) is -0.498. The van der Waals surface area contributed by atoms with Gasteiger partial charge in [-0.3, -0.25) is 14.7 Å². The maximum absolute atomic E-state index is 14.4. The lowest BCUT2D eigenvalue weighted by Gasteiger charge is -2.42. The molecule has 3 atom stereocenters. The van der Waals surface area contributed by atoms with E-state index in [-0.39, 0.29) is 49.6 Å². The molecular weight excluding hydrogens is 592 g/mol. The Morgan fingerprint density at radius 1 is 1.18 bits per heavy atom. The molecule has 14 heteroatoms. The number of ether oxygens (including phenoxy) is 1. The van der Waals surface area contributed by atoms with Crippen LogP contribution >= 0.6 is 0 Å². The number of amides is 1. The minimum atomic E-state index is -4.91. The number of carbonyl (C=O) groups excluding carboxylic acids is 1. The first kappa shape index (κ1) is 32.4. The highest BCUT2D eigenvalue weighted by molar-refractivity contribution is 5.87. The van der Waals surface area contributed by atoms with Crippen LogP contribution in [0.5, 0.6) is 6.01 Å². The van der Waals surface area contributed by atoms with Crippen molar-refractivity contribution in [2.24, 2.45) is 5.92 Å². The minimum absolute atomic E-state index is 0.0372. The van der Waals surface area contributed by atoms with Crippen LogP contribution in [0.25, 0.3) is 0 Å². The molecule has 2 aromatic rings. The van der Waals surface area contributed by atoms with Crippen molar-refractivity contribution in [1.82, 2.24) is 24.8 Å². The molecule has 10 nitrogen and oxygen atoms in total. The summed E-state index contributed by atoms with van der Waals surface area (Å²) in [5.74, 6) is -0.626. The highest BCUT2D eigenvalue weighted by Crippen LogP contribution is 2.40. The van der Waals surface area contributed by atoms with E-state index in [1.807, 2.05) is 4.90 Å². The third kappa shape index (κ3) is 6.83.